The number of hydrogen-bond donors (Lipinski definition) is 1. The van der Waals surface area contributed by atoms with E-state index >= 15 is 0 Å². The highest BCUT2D eigenvalue weighted by Crippen LogP contribution is 2.34. The predicted molar refractivity (Wildman–Crippen MR) is 81.2 cm³/mol. The van der Waals surface area contributed by atoms with E-state index in [0.717, 1.165) is 14.0 Å². The number of hydrogen-bond acceptors (Lipinski definition) is 6. The fraction of sp³-hybridized carbons (Fsp3) is 0.167. The average molecular weight is 366 g/mol. The third-order valence-corrected chi connectivity index (χ3v) is 4.03. The standard InChI is InChI=1S/C12H9Cl2NO6S/c1-5(16)9-11(21-22(18,19)20-2)7-3-6(13)4-8(14)10(7)15-12(9)17/h3-4H,1-2H3,(H,15,17). The van der Waals surface area contributed by atoms with Gasteiger partial charge in [-0.05, 0) is 19.1 Å². The number of halogens is 2. The molecule has 1 heterocycles. The summed E-state index contributed by atoms with van der Waals surface area (Å²) in [4.78, 5) is 26.1. The van der Waals surface area contributed by atoms with Gasteiger partial charge in [0.1, 0.15) is 5.56 Å². The maximum absolute atomic E-state index is 12.0. The van der Waals surface area contributed by atoms with Crippen molar-refractivity contribution >= 4 is 50.3 Å². The first-order chi connectivity index (χ1) is 10.2. The molecule has 118 valence electrons. The van der Waals surface area contributed by atoms with Gasteiger partial charge >= 0.3 is 10.4 Å². The minimum Gasteiger partial charge on any atom is -0.360 e. The fourth-order valence-electron chi connectivity index (χ4n) is 1.84. The Morgan fingerprint density at radius 3 is 2.45 bits per heavy atom. The van der Waals surface area contributed by atoms with E-state index in [4.69, 9.17) is 27.4 Å². The Labute approximate surface area is 135 Å². The highest BCUT2D eigenvalue weighted by molar-refractivity contribution is 7.82. The van der Waals surface area contributed by atoms with Crippen molar-refractivity contribution in [3.8, 4) is 5.75 Å². The highest BCUT2D eigenvalue weighted by Gasteiger charge is 2.24. The first-order valence-electron chi connectivity index (χ1n) is 5.72. The van der Waals surface area contributed by atoms with Crippen molar-refractivity contribution < 1.29 is 21.6 Å². The largest absolute Gasteiger partial charge is 0.448 e. The minimum absolute atomic E-state index is 0.0583. The lowest BCUT2D eigenvalue weighted by molar-refractivity contribution is 0.101. The number of ketones is 1. The zero-order valence-electron chi connectivity index (χ0n) is 11.3. The normalized spacial score (nSPS) is 11.6. The second kappa shape index (κ2) is 5.88. The number of aromatic amines is 1. The van der Waals surface area contributed by atoms with Crippen LogP contribution < -0.4 is 9.74 Å². The number of rotatable bonds is 4. The molecular weight excluding hydrogens is 357 g/mol. The van der Waals surface area contributed by atoms with Crippen LogP contribution in [0.2, 0.25) is 10.0 Å². The summed E-state index contributed by atoms with van der Waals surface area (Å²) in [6.45, 7) is 1.09. The summed E-state index contributed by atoms with van der Waals surface area (Å²) >= 11 is 11.8. The van der Waals surface area contributed by atoms with Gasteiger partial charge in [-0.2, -0.15) is 8.42 Å². The van der Waals surface area contributed by atoms with Crippen molar-refractivity contribution in [2.75, 3.05) is 7.11 Å². The van der Waals surface area contributed by atoms with Gasteiger partial charge < -0.3 is 9.17 Å². The topological polar surface area (TPSA) is 103 Å². The van der Waals surface area contributed by atoms with E-state index in [0.29, 0.717) is 0 Å². The van der Waals surface area contributed by atoms with Gasteiger partial charge in [0.2, 0.25) is 0 Å². The molecule has 0 saturated heterocycles. The van der Waals surface area contributed by atoms with Crippen LogP contribution in [-0.2, 0) is 14.6 Å². The maximum atomic E-state index is 12.0. The molecule has 0 bridgehead atoms. The summed E-state index contributed by atoms with van der Waals surface area (Å²) in [6, 6.07) is 2.66. The molecule has 7 nitrogen and oxygen atoms in total. The number of fused-ring (bicyclic) bond motifs is 1. The summed E-state index contributed by atoms with van der Waals surface area (Å²) in [6.07, 6.45) is 0. The van der Waals surface area contributed by atoms with Crippen molar-refractivity contribution in [1.29, 1.82) is 0 Å². The molecule has 0 amide bonds. The molecular formula is C12H9Cl2NO6S. The van der Waals surface area contributed by atoms with Gasteiger partial charge in [0.25, 0.3) is 5.56 Å². The molecule has 1 aromatic carbocycles. The molecule has 10 heteroatoms. The molecule has 0 saturated carbocycles. The van der Waals surface area contributed by atoms with Gasteiger partial charge in [0, 0.05) is 10.4 Å². The van der Waals surface area contributed by atoms with E-state index in [9.17, 15) is 18.0 Å². The molecule has 0 spiro atoms. The monoisotopic (exact) mass is 365 g/mol. The van der Waals surface area contributed by atoms with Crippen LogP contribution in [-0.4, -0.2) is 26.3 Å². The lowest BCUT2D eigenvalue weighted by atomic mass is 10.1. The molecule has 1 N–H and O–H groups in total. The van der Waals surface area contributed by atoms with Gasteiger partial charge in [0.05, 0.1) is 17.6 Å². The summed E-state index contributed by atoms with van der Waals surface area (Å²) in [5.41, 5.74) is -1.24. The molecule has 0 aliphatic rings. The van der Waals surface area contributed by atoms with Gasteiger partial charge in [0.15, 0.2) is 11.5 Å². The van der Waals surface area contributed by atoms with Crippen LogP contribution >= 0.6 is 23.2 Å². The Bertz CT molecular complexity index is 935. The quantitative estimate of drug-likeness (QED) is 0.833. The third-order valence-electron chi connectivity index (χ3n) is 2.73. The summed E-state index contributed by atoms with van der Waals surface area (Å²) in [7, 11) is -3.58. The Hall–Kier alpha value is -1.61. The van der Waals surface area contributed by atoms with E-state index in [1.807, 2.05) is 0 Å². The lowest BCUT2D eigenvalue weighted by Crippen LogP contribution is -2.21. The van der Waals surface area contributed by atoms with E-state index in [1.54, 1.807) is 0 Å². The molecule has 0 atom stereocenters. The lowest BCUT2D eigenvalue weighted by Gasteiger charge is -2.12. The van der Waals surface area contributed by atoms with Crippen molar-refractivity contribution in [3.05, 3.63) is 38.1 Å². The van der Waals surface area contributed by atoms with Crippen LogP contribution in [0.4, 0.5) is 0 Å². The van der Waals surface area contributed by atoms with Crippen molar-refractivity contribution in [2.24, 2.45) is 0 Å². The highest BCUT2D eigenvalue weighted by atomic mass is 35.5. The third kappa shape index (κ3) is 3.09. The number of carbonyl (C=O) groups excluding carboxylic acids is 1. The first kappa shape index (κ1) is 16.8. The molecule has 1 aromatic heterocycles. The number of pyridine rings is 1. The van der Waals surface area contributed by atoms with Crippen LogP contribution in [0.15, 0.2) is 16.9 Å². The second-order valence-electron chi connectivity index (χ2n) is 4.18. The van der Waals surface area contributed by atoms with Crippen molar-refractivity contribution in [3.63, 3.8) is 0 Å². The summed E-state index contributed by atoms with van der Waals surface area (Å²) in [5, 5.41) is 0.288. The predicted octanol–water partition coefficient (Wildman–Crippen LogP) is 2.31. The first-order valence-corrected chi connectivity index (χ1v) is 7.81. The Balaban J connectivity index is 2.98. The SMILES string of the molecule is COS(=O)(=O)Oc1c(C(C)=O)c(=O)[nH]c2c(Cl)cc(Cl)cc12. The average Bonchev–Trinajstić information content (AvgIpc) is 2.39. The molecule has 2 rings (SSSR count). The number of carbonyl (C=O) groups is 1. The zero-order valence-corrected chi connectivity index (χ0v) is 13.6. The Morgan fingerprint density at radius 2 is 1.91 bits per heavy atom. The van der Waals surface area contributed by atoms with E-state index < -0.39 is 33.1 Å². The summed E-state index contributed by atoms with van der Waals surface area (Å²) in [5.74, 6) is -1.18. The van der Waals surface area contributed by atoms with Crippen molar-refractivity contribution in [1.82, 2.24) is 4.98 Å². The minimum atomic E-state index is -4.45. The number of aromatic nitrogens is 1. The molecule has 22 heavy (non-hydrogen) atoms. The van der Waals surface area contributed by atoms with Crippen molar-refractivity contribution in [2.45, 2.75) is 6.92 Å². The number of H-pyrrole nitrogens is 1. The Morgan fingerprint density at radius 1 is 1.27 bits per heavy atom. The van der Waals surface area contributed by atoms with E-state index in [-0.39, 0.29) is 20.9 Å². The molecule has 0 fully saturated rings. The molecule has 2 aromatic rings. The molecule has 0 aliphatic carbocycles. The maximum Gasteiger partial charge on any atom is 0.448 e. The number of nitrogens with one attached hydrogen (secondary N) is 1. The summed E-state index contributed by atoms with van der Waals surface area (Å²) < 4.78 is 32.0. The van der Waals surface area contributed by atoms with Crippen LogP contribution in [0.1, 0.15) is 17.3 Å². The van der Waals surface area contributed by atoms with E-state index in [1.165, 1.54) is 12.1 Å². The van der Waals surface area contributed by atoms with Crippen LogP contribution in [0.25, 0.3) is 10.9 Å². The second-order valence-corrected chi connectivity index (χ2v) is 6.34. The fourth-order valence-corrected chi connectivity index (χ4v) is 2.82. The molecule has 0 radical (unpaired) electrons. The van der Waals surface area contributed by atoms with Gasteiger partial charge in [-0.3, -0.25) is 9.59 Å². The van der Waals surface area contributed by atoms with Crippen LogP contribution in [0, 0.1) is 0 Å². The zero-order chi connectivity index (χ0) is 16.7. The Kier molecular flexibility index (Phi) is 4.48. The molecule has 0 aliphatic heterocycles. The smallest absolute Gasteiger partial charge is 0.360 e. The van der Waals surface area contributed by atoms with Crippen LogP contribution in [0.3, 0.4) is 0 Å². The van der Waals surface area contributed by atoms with Gasteiger partial charge in [-0.1, -0.05) is 23.2 Å². The number of benzene rings is 1. The molecule has 0 unspecified atom stereocenters. The van der Waals surface area contributed by atoms with Crippen LogP contribution in [0.5, 0.6) is 5.75 Å². The van der Waals surface area contributed by atoms with Gasteiger partial charge in [-0.25, -0.2) is 4.18 Å². The van der Waals surface area contributed by atoms with E-state index in [2.05, 4.69) is 9.17 Å². The van der Waals surface area contributed by atoms with Gasteiger partial charge in [-0.15, -0.1) is 0 Å². The number of Topliss-reactive ketones (excluding diaryl/α,β-unsaturated/α-hetero) is 1.